The maximum atomic E-state index is 11.7. The predicted molar refractivity (Wildman–Crippen MR) is 76.2 cm³/mol. The highest BCUT2D eigenvalue weighted by Crippen LogP contribution is 2.13. The minimum absolute atomic E-state index is 0.292. The van der Waals surface area contributed by atoms with Gasteiger partial charge < -0.3 is 10.6 Å². The quantitative estimate of drug-likeness (QED) is 0.897. The van der Waals surface area contributed by atoms with Crippen LogP contribution in [0.3, 0.4) is 0 Å². The number of nitriles is 1. The Hall–Kier alpha value is -2.32. The number of hydrogen-bond acceptors (Lipinski definition) is 3. The van der Waals surface area contributed by atoms with Gasteiger partial charge >= 0.3 is 6.03 Å². The summed E-state index contributed by atoms with van der Waals surface area (Å²) < 4.78 is 0. The molecule has 1 aromatic carbocycles. The number of carbonyl (C=O) groups excluding carboxylic acids is 1. The first-order valence-electron chi connectivity index (χ1n) is 5.86. The summed E-state index contributed by atoms with van der Waals surface area (Å²) in [7, 11) is 0. The molecule has 1 heterocycles. The van der Waals surface area contributed by atoms with Crippen LogP contribution in [0.5, 0.6) is 0 Å². The van der Waals surface area contributed by atoms with E-state index in [-0.39, 0.29) is 6.03 Å². The first-order valence-corrected chi connectivity index (χ1v) is 6.74. The molecule has 0 saturated carbocycles. The van der Waals surface area contributed by atoms with Crippen LogP contribution in [0, 0.1) is 11.3 Å². The standard InChI is InChI=1S/C14H13N3OS/c15-10-11-4-1-2-6-13(11)17-14(18)16-8-7-12-5-3-9-19-12/h1-6,9H,7-8H2,(H2,16,17,18). The van der Waals surface area contributed by atoms with E-state index in [0.717, 1.165) is 6.42 Å². The molecule has 1 aromatic heterocycles. The number of nitrogens with zero attached hydrogens (tertiary/aromatic N) is 1. The second-order valence-corrected chi connectivity index (χ2v) is 4.90. The van der Waals surface area contributed by atoms with E-state index in [0.29, 0.717) is 17.8 Å². The summed E-state index contributed by atoms with van der Waals surface area (Å²) in [6.45, 7) is 0.571. The largest absolute Gasteiger partial charge is 0.338 e. The van der Waals surface area contributed by atoms with Crippen LogP contribution < -0.4 is 10.6 Å². The zero-order valence-corrected chi connectivity index (χ0v) is 11.0. The van der Waals surface area contributed by atoms with Gasteiger partial charge in [-0.2, -0.15) is 5.26 Å². The van der Waals surface area contributed by atoms with Gasteiger partial charge in [0.1, 0.15) is 6.07 Å². The van der Waals surface area contributed by atoms with E-state index in [2.05, 4.69) is 10.6 Å². The van der Waals surface area contributed by atoms with Crippen molar-refractivity contribution in [2.75, 3.05) is 11.9 Å². The van der Waals surface area contributed by atoms with E-state index >= 15 is 0 Å². The first kappa shape index (κ1) is 13.1. The second-order valence-electron chi connectivity index (χ2n) is 3.87. The summed E-state index contributed by atoms with van der Waals surface area (Å²) >= 11 is 1.67. The van der Waals surface area contributed by atoms with E-state index in [1.165, 1.54) is 4.88 Å². The number of hydrogen-bond donors (Lipinski definition) is 2. The molecule has 96 valence electrons. The van der Waals surface area contributed by atoms with Crippen molar-refractivity contribution in [2.45, 2.75) is 6.42 Å². The topological polar surface area (TPSA) is 64.9 Å². The highest BCUT2D eigenvalue weighted by molar-refractivity contribution is 7.09. The van der Waals surface area contributed by atoms with Crippen LogP contribution in [0.4, 0.5) is 10.5 Å². The lowest BCUT2D eigenvalue weighted by atomic mass is 10.2. The monoisotopic (exact) mass is 271 g/mol. The summed E-state index contributed by atoms with van der Waals surface area (Å²) in [6, 6.07) is 12.7. The van der Waals surface area contributed by atoms with Crippen LogP contribution in [-0.4, -0.2) is 12.6 Å². The zero-order chi connectivity index (χ0) is 13.5. The predicted octanol–water partition coefficient (Wildman–Crippen LogP) is 2.98. The van der Waals surface area contributed by atoms with E-state index < -0.39 is 0 Å². The summed E-state index contributed by atoms with van der Waals surface area (Å²) in [5.41, 5.74) is 0.981. The van der Waals surface area contributed by atoms with Crippen molar-refractivity contribution in [3.8, 4) is 6.07 Å². The van der Waals surface area contributed by atoms with Gasteiger partial charge in [0.25, 0.3) is 0 Å². The van der Waals surface area contributed by atoms with E-state index in [4.69, 9.17) is 5.26 Å². The fourth-order valence-electron chi connectivity index (χ4n) is 1.61. The van der Waals surface area contributed by atoms with E-state index in [1.54, 1.807) is 35.6 Å². The van der Waals surface area contributed by atoms with Gasteiger partial charge in [0, 0.05) is 11.4 Å². The molecule has 5 heteroatoms. The van der Waals surface area contributed by atoms with Crippen LogP contribution in [0.15, 0.2) is 41.8 Å². The number of nitrogens with one attached hydrogen (secondary N) is 2. The van der Waals surface area contributed by atoms with Gasteiger partial charge in [0.15, 0.2) is 0 Å². The molecule has 0 radical (unpaired) electrons. The number of urea groups is 1. The molecule has 0 aliphatic heterocycles. The van der Waals surface area contributed by atoms with Crippen molar-refractivity contribution in [3.05, 3.63) is 52.2 Å². The third-order valence-electron chi connectivity index (χ3n) is 2.53. The number of rotatable bonds is 4. The Balaban J connectivity index is 1.83. The molecule has 4 nitrogen and oxygen atoms in total. The Morgan fingerprint density at radius 2 is 2.11 bits per heavy atom. The van der Waals surface area contributed by atoms with Crippen LogP contribution >= 0.6 is 11.3 Å². The molecular weight excluding hydrogens is 258 g/mol. The van der Waals surface area contributed by atoms with Crippen molar-refractivity contribution in [2.24, 2.45) is 0 Å². The molecule has 0 saturated heterocycles. The fraction of sp³-hybridized carbons (Fsp3) is 0.143. The SMILES string of the molecule is N#Cc1ccccc1NC(=O)NCCc1cccs1. The first-order chi connectivity index (χ1) is 9.29. The molecule has 0 aliphatic carbocycles. The zero-order valence-electron chi connectivity index (χ0n) is 10.2. The Kier molecular flexibility index (Phi) is 4.54. The highest BCUT2D eigenvalue weighted by Gasteiger charge is 2.05. The number of amides is 2. The van der Waals surface area contributed by atoms with Crippen LogP contribution in [0.2, 0.25) is 0 Å². The third kappa shape index (κ3) is 3.83. The number of benzene rings is 1. The van der Waals surface area contributed by atoms with Crippen molar-refractivity contribution in [3.63, 3.8) is 0 Å². The van der Waals surface area contributed by atoms with Crippen LogP contribution in [0.25, 0.3) is 0 Å². The molecule has 0 bridgehead atoms. The molecule has 2 rings (SSSR count). The highest BCUT2D eigenvalue weighted by atomic mass is 32.1. The van der Waals surface area contributed by atoms with Gasteiger partial charge in [0.05, 0.1) is 11.3 Å². The summed E-state index contributed by atoms with van der Waals surface area (Å²) in [5.74, 6) is 0. The molecule has 0 fully saturated rings. The number of para-hydroxylation sites is 1. The van der Waals surface area contributed by atoms with Gasteiger partial charge in [-0.1, -0.05) is 18.2 Å². The third-order valence-corrected chi connectivity index (χ3v) is 3.47. The minimum Gasteiger partial charge on any atom is -0.338 e. The summed E-state index contributed by atoms with van der Waals surface area (Å²) in [6.07, 6.45) is 0.810. The molecule has 2 amide bonds. The Morgan fingerprint density at radius 1 is 1.26 bits per heavy atom. The van der Waals surface area contributed by atoms with Gasteiger partial charge in [-0.15, -0.1) is 11.3 Å². The van der Waals surface area contributed by atoms with Crippen molar-refractivity contribution >= 4 is 23.1 Å². The normalized spacial score (nSPS) is 9.63. The van der Waals surface area contributed by atoms with Crippen molar-refractivity contribution < 1.29 is 4.79 Å². The number of thiophene rings is 1. The van der Waals surface area contributed by atoms with Gasteiger partial charge in [-0.25, -0.2) is 4.79 Å². The lowest BCUT2D eigenvalue weighted by molar-refractivity contribution is 0.252. The van der Waals surface area contributed by atoms with Crippen molar-refractivity contribution in [1.29, 1.82) is 5.26 Å². The Morgan fingerprint density at radius 3 is 2.84 bits per heavy atom. The van der Waals surface area contributed by atoms with Gasteiger partial charge in [-0.3, -0.25) is 0 Å². The molecular formula is C14H13N3OS. The van der Waals surface area contributed by atoms with Gasteiger partial charge in [-0.05, 0) is 30.0 Å². The average Bonchev–Trinajstić information content (AvgIpc) is 2.92. The lowest BCUT2D eigenvalue weighted by Gasteiger charge is -2.08. The minimum atomic E-state index is -0.292. The smallest absolute Gasteiger partial charge is 0.319 e. The Bertz CT molecular complexity index is 587. The maximum absolute atomic E-state index is 11.7. The number of anilines is 1. The molecule has 0 aliphatic rings. The Labute approximate surface area is 115 Å². The molecule has 0 atom stereocenters. The molecule has 0 unspecified atom stereocenters. The molecule has 2 N–H and O–H groups in total. The van der Waals surface area contributed by atoms with E-state index in [9.17, 15) is 4.79 Å². The van der Waals surface area contributed by atoms with E-state index in [1.807, 2.05) is 23.6 Å². The number of carbonyl (C=O) groups is 1. The molecule has 2 aromatic rings. The van der Waals surface area contributed by atoms with Crippen molar-refractivity contribution in [1.82, 2.24) is 5.32 Å². The lowest BCUT2D eigenvalue weighted by Crippen LogP contribution is -2.30. The van der Waals surface area contributed by atoms with Gasteiger partial charge in [0.2, 0.25) is 0 Å². The molecule has 0 spiro atoms. The average molecular weight is 271 g/mol. The maximum Gasteiger partial charge on any atom is 0.319 e. The summed E-state index contributed by atoms with van der Waals surface area (Å²) in [5, 5.41) is 16.4. The van der Waals surface area contributed by atoms with Crippen LogP contribution in [-0.2, 0) is 6.42 Å². The summed E-state index contributed by atoms with van der Waals surface area (Å²) in [4.78, 5) is 12.9. The fourth-order valence-corrected chi connectivity index (χ4v) is 2.32. The molecule has 19 heavy (non-hydrogen) atoms. The second kappa shape index (κ2) is 6.57. The van der Waals surface area contributed by atoms with Crippen LogP contribution in [0.1, 0.15) is 10.4 Å².